The van der Waals surface area contributed by atoms with Crippen LogP contribution in [0.4, 0.5) is 16.5 Å². The second-order valence-electron chi connectivity index (χ2n) is 8.68. The van der Waals surface area contributed by atoms with Crippen molar-refractivity contribution < 1.29 is 4.42 Å². The fourth-order valence-corrected chi connectivity index (χ4v) is 3.97. The molecule has 3 heterocycles. The second-order valence-corrected chi connectivity index (χ2v) is 9.74. The zero-order valence-corrected chi connectivity index (χ0v) is 18.9. The third-order valence-electron chi connectivity index (χ3n) is 5.16. The molecule has 1 saturated heterocycles. The summed E-state index contributed by atoms with van der Waals surface area (Å²) in [6.07, 6.45) is 7.52. The van der Waals surface area contributed by atoms with Crippen LogP contribution in [-0.2, 0) is 5.41 Å². The monoisotopic (exact) mass is 423 g/mol. The van der Waals surface area contributed by atoms with Crippen molar-refractivity contribution in [3.8, 4) is 0 Å². The minimum atomic E-state index is -0.0411. The average Bonchev–Trinajstić information content (AvgIpc) is 3.37. The molecular weight excluding hydrogens is 394 g/mol. The Bertz CT molecular complexity index is 991. The van der Waals surface area contributed by atoms with Gasteiger partial charge in [-0.1, -0.05) is 32.1 Å². The van der Waals surface area contributed by atoms with Gasteiger partial charge < -0.3 is 19.5 Å². The Kier molecular flexibility index (Phi) is 5.92. The van der Waals surface area contributed by atoms with Gasteiger partial charge in [0.2, 0.25) is 5.89 Å². The minimum absolute atomic E-state index is 0.0411. The van der Waals surface area contributed by atoms with Gasteiger partial charge in [-0.2, -0.15) is 0 Å². The van der Waals surface area contributed by atoms with Crippen molar-refractivity contribution in [3.63, 3.8) is 0 Å². The summed E-state index contributed by atoms with van der Waals surface area (Å²) in [6.45, 7) is 10.7. The molecular formula is C23H29N5OS. The number of rotatable bonds is 5. The number of likely N-dealkylation sites (N-methyl/N-ethyl adjacent to an activating group) is 1. The lowest BCUT2D eigenvalue weighted by molar-refractivity contribution is 0.313. The van der Waals surface area contributed by atoms with Crippen LogP contribution < -0.4 is 10.2 Å². The molecule has 0 bridgehead atoms. The lowest BCUT2D eigenvalue weighted by Gasteiger charge is -2.34. The summed E-state index contributed by atoms with van der Waals surface area (Å²) in [6, 6.07) is 8.59. The molecule has 0 aliphatic carbocycles. The molecule has 0 radical (unpaired) electrons. The van der Waals surface area contributed by atoms with Crippen molar-refractivity contribution in [2.45, 2.75) is 26.2 Å². The highest BCUT2D eigenvalue weighted by Gasteiger charge is 2.18. The number of hydrogen-bond acceptors (Lipinski definition) is 7. The van der Waals surface area contributed by atoms with Crippen LogP contribution in [0.25, 0.3) is 12.2 Å². The lowest BCUT2D eigenvalue weighted by Crippen LogP contribution is -2.44. The average molecular weight is 424 g/mol. The maximum absolute atomic E-state index is 5.80. The van der Waals surface area contributed by atoms with E-state index in [4.69, 9.17) is 4.42 Å². The van der Waals surface area contributed by atoms with Gasteiger partial charge in [0.25, 0.3) is 0 Å². The molecule has 2 aromatic heterocycles. The van der Waals surface area contributed by atoms with Crippen molar-refractivity contribution in [2.24, 2.45) is 0 Å². The van der Waals surface area contributed by atoms with E-state index in [-0.39, 0.29) is 5.41 Å². The van der Waals surface area contributed by atoms with Crippen molar-refractivity contribution in [1.29, 1.82) is 0 Å². The summed E-state index contributed by atoms with van der Waals surface area (Å²) in [4.78, 5) is 14.7. The highest BCUT2D eigenvalue weighted by molar-refractivity contribution is 7.16. The number of aromatic nitrogens is 2. The number of piperazine rings is 1. The molecule has 4 rings (SSSR count). The first-order chi connectivity index (χ1) is 14.4. The fourth-order valence-electron chi connectivity index (χ4n) is 3.23. The smallest absolute Gasteiger partial charge is 0.218 e. The van der Waals surface area contributed by atoms with Crippen LogP contribution in [0.1, 0.15) is 37.3 Å². The maximum atomic E-state index is 5.80. The van der Waals surface area contributed by atoms with E-state index in [9.17, 15) is 0 Å². The highest BCUT2D eigenvalue weighted by atomic mass is 32.1. The third kappa shape index (κ3) is 5.09. The van der Waals surface area contributed by atoms with E-state index in [1.807, 2.05) is 18.3 Å². The van der Waals surface area contributed by atoms with Crippen molar-refractivity contribution in [2.75, 3.05) is 43.4 Å². The number of hydrogen-bond donors (Lipinski definition) is 1. The van der Waals surface area contributed by atoms with Gasteiger partial charge in [0.15, 0.2) is 5.13 Å². The van der Waals surface area contributed by atoms with Gasteiger partial charge in [0.05, 0.1) is 6.20 Å². The quantitative estimate of drug-likeness (QED) is 0.617. The Labute approximate surface area is 182 Å². The first-order valence-corrected chi connectivity index (χ1v) is 11.1. The summed E-state index contributed by atoms with van der Waals surface area (Å²) in [7, 11) is 2.18. The zero-order chi connectivity index (χ0) is 21.1. The van der Waals surface area contributed by atoms with Gasteiger partial charge in [0, 0.05) is 60.1 Å². The van der Waals surface area contributed by atoms with E-state index in [1.165, 1.54) is 5.69 Å². The summed E-state index contributed by atoms with van der Waals surface area (Å²) >= 11 is 1.60. The van der Waals surface area contributed by atoms with Gasteiger partial charge in [0.1, 0.15) is 5.76 Å². The number of nitrogens with one attached hydrogen (secondary N) is 1. The van der Waals surface area contributed by atoms with Crippen LogP contribution in [0.3, 0.4) is 0 Å². The number of nitrogens with zero attached hydrogens (tertiary/aromatic N) is 4. The van der Waals surface area contributed by atoms with Gasteiger partial charge in [-0.3, -0.25) is 0 Å². The molecule has 1 aromatic carbocycles. The minimum Gasteiger partial charge on any atom is -0.441 e. The predicted octanol–water partition coefficient (Wildman–Crippen LogP) is 5.09. The lowest BCUT2D eigenvalue weighted by atomic mass is 9.94. The molecule has 1 N–H and O–H groups in total. The molecule has 7 heteroatoms. The zero-order valence-electron chi connectivity index (χ0n) is 18.1. The topological polar surface area (TPSA) is 57.4 Å². The van der Waals surface area contributed by atoms with Crippen LogP contribution in [0, 0.1) is 0 Å². The summed E-state index contributed by atoms with van der Waals surface area (Å²) < 4.78 is 5.80. The molecule has 0 saturated carbocycles. The highest BCUT2D eigenvalue weighted by Crippen LogP contribution is 2.27. The molecule has 1 aliphatic heterocycles. The molecule has 0 spiro atoms. The molecule has 0 atom stereocenters. The number of benzene rings is 1. The van der Waals surface area contributed by atoms with Crippen molar-refractivity contribution in [3.05, 3.63) is 53.2 Å². The summed E-state index contributed by atoms with van der Waals surface area (Å²) in [5.74, 6) is 1.50. The number of oxazole rings is 1. The summed E-state index contributed by atoms with van der Waals surface area (Å²) in [5.41, 5.74) is 2.28. The molecule has 30 heavy (non-hydrogen) atoms. The van der Waals surface area contributed by atoms with Gasteiger partial charge >= 0.3 is 0 Å². The SMILES string of the molecule is CN1CCN(c2ccc(Nc3ncc(C=Cc4ncc(C(C)(C)C)o4)s3)cc2)CC1. The van der Waals surface area contributed by atoms with Gasteiger partial charge in [-0.25, -0.2) is 9.97 Å². The maximum Gasteiger partial charge on any atom is 0.218 e. The van der Waals surface area contributed by atoms with Gasteiger partial charge in [-0.05, 0) is 37.4 Å². The Morgan fingerprint density at radius 1 is 1.00 bits per heavy atom. The van der Waals surface area contributed by atoms with Crippen LogP contribution in [0.15, 0.2) is 41.1 Å². The second kappa shape index (κ2) is 8.62. The fraction of sp³-hybridized carbons (Fsp3) is 0.391. The largest absolute Gasteiger partial charge is 0.441 e. The predicted molar refractivity (Wildman–Crippen MR) is 126 cm³/mol. The third-order valence-corrected chi connectivity index (χ3v) is 6.04. The van der Waals surface area contributed by atoms with Crippen LogP contribution in [0.2, 0.25) is 0 Å². The van der Waals surface area contributed by atoms with E-state index in [0.717, 1.165) is 47.6 Å². The molecule has 0 amide bonds. The van der Waals surface area contributed by atoms with Crippen molar-refractivity contribution in [1.82, 2.24) is 14.9 Å². The van der Waals surface area contributed by atoms with Crippen molar-refractivity contribution >= 4 is 40.0 Å². The first kappa shape index (κ1) is 20.6. The number of thiazole rings is 1. The molecule has 158 valence electrons. The first-order valence-electron chi connectivity index (χ1n) is 10.3. The van der Waals surface area contributed by atoms with E-state index < -0.39 is 0 Å². The van der Waals surface area contributed by atoms with E-state index in [0.29, 0.717) is 5.89 Å². The van der Waals surface area contributed by atoms with Crippen LogP contribution in [0.5, 0.6) is 0 Å². The van der Waals surface area contributed by atoms with Gasteiger partial charge in [-0.15, -0.1) is 0 Å². The van der Waals surface area contributed by atoms with E-state index >= 15 is 0 Å². The molecule has 0 unspecified atom stereocenters. The Hall–Kier alpha value is -2.64. The molecule has 6 nitrogen and oxygen atoms in total. The standard InChI is InChI=1S/C23H29N5OS/c1-23(2,3)20-16-24-21(29-20)10-9-19-15-25-22(30-19)26-17-5-7-18(8-6-17)28-13-11-27(4)12-14-28/h5-10,15-16H,11-14H2,1-4H3,(H,25,26). The molecule has 3 aromatic rings. The number of anilines is 3. The normalized spacial score (nSPS) is 15.8. The Balaban J connectivity index is 1.36. The van der Waals surface area contributed by atoms with E-state index in [1.54, 1.807) is 17.5 Å². The molecule has 1 fully saturated rings. The van der Waals surface area contributed by atoms with Crippen LogP contribution in [-0.4, -0.2) is 48.1 Å². The summed E-state index contributed by atoms with van der Waals surface area (Å²) in [5, 5.41) is 4.26. The Morgan fingerprint density at radius 2 is 1.73 bits per heavy atom. The van der Waals surface area contributed by atoms with Crippen LogP contribution >= 0.6 is 11.3 Å². The molecule has 1 aliphatic rings. The Morgan fingerprint density at radius 3 is 2.40 bits per heavy atom. The van der Waals surface area contributed by atoms with E-state index in [2.05, 4.69) is 77.2 Å².